The van der Waals surface area contributed by atoms with E-state index in [-0.39, 0.29) is 11.7 Å². The first-order chi connectivity index (χ1) is 9.99. The van der Waals surface area contributed by atoms with Crippen LogP contribution in [0.1, 0.15) is 23.7 Å². The topological polar surface area (TPSA) is 64.2 Å². The van der Waals surface area contributed by atoms with E-state index in [1.54, 1.807) is 14.0 Å². The highest BCUT2D eigenvalue weighted by molar-refractivity contribution is 5.68. The zero-order valence-corrected chi connectivity index (χ0v) is 12.6. The number of H-pyrrole nitrogens is 1. The second kappa shape index (κ2) is 4.91. The Balaban J connectivity index is 2.19. The highest BCUT2D eigenvalue weighted by Gasteiger charge is 2.23. The van der Waals surface area contributed by atoms with Crippen LogP contribution in [-0.4, -0.2) is 23.2 Å². The van der Waals surface area contributed by atoms with E-state index in [4.69, 9.17) is 9.47 Å². The summed E-state index contributed by atoms with van der Waals surface area (Å²) >= 11 is 0. The smallest absolute Gasteiger partial charge is 0.254 e. The van der Waals surface area contributed by atoms with Gasteiger partial charge in [-0.3, -0.25) is 4.79 Å². The molecule has 5 nitrogen and oxygen atoms in total. The van der Waals surface area contributed by atoms with Gasteiger partial charge in [0.1, 0.15) is 23.4 Å². The van der Waals surface area contributed by atoms with Gasteiger partial charge in [0.15, 0.2) is 0 Å². The van der Waals surface area contributed by atoms with Crippen LogP contribution in [0.25, 0.3) is 11.4 Å². The number of fused-ring (bicyclic) bond motifs is 1. The predicted octanol–water partition coefficient (Wildman–Crippen LogP) is 2.39. The van der Waals surface area contributed by atoms with Crippen LogP contribution in [0.2, 0.25) is 0 Å². The van der Waals surface area contributed by atoms with Gasteiger partial charge in [0.05, 0.1) is 12.7 Å². The number of nitrogens with zero attached hydrogens (tertiary/aromatic N) is 1. The van der Waals surface area contributed by atoms with E-state index in [1.807, 2.05) is 26.0 Å². The summed E-state index contributed by atoms with van der Waals surface area (Å²) in [4.78, 5) is 19.2. The molecule has 21 heavy (non-hydrogen) atoms. The molecule has 1 atom stereocenters. The maximum absolute atomic E-state index is 12.0. The van der Waals surface area contributed by atoms with Crippen LogP contribution >= 0.6 is 0 Å². The van der Waals surface area contributed by atoms with Crippen molar-refractivity contribution in [2.24, 2.45) is 0 Å². The first kappa shape index (κ1) is 13.7. The molecule has 0 spiro atoms. The van der Waals surface area contributed by atoms with Gasteiger partial charge in [0.25, 0.3) is 5.56 Å². The molecule has 2 heterocycles. The van der Waals surface area contributed by atoms with Gasteiger partial charge in [-0.2, -0.15) is 0 Å². The first-order valence-corrected chi connectivity index (χ1v) is 6.95. The molecule has 1 aliphatic rings. The standard InChI is InChI=1S/C16H18N2O3/c1-8-5-11-6-14(20-4)12(7-13(11)21-8)15-17-10(3)9(2)16(19)18-15/h6-8H,5H2,1-4H3,(H,17,18,19). The van der Waals surface area contributed by atoms with Crippen molar-refractivity contribution in [3.8, 4) is 22.9 Å². The molecule has 1 N–H and O–H groups in total. The fourth-order valence-electron chi connectivity index (χ4n) is 2.57. The Morgan fingerprint density at radius 1 is 1.38 bits per heavy atom. The maximum Gasteiger partial charge on any atom is 0.254 e. The number of hydrogen-bond acceptors (Lipinski definition) is 4. The van der Waals surface area contributed by atoms with Gasteiger partial charge in [-0.15, -0.1) is 0 Å². The molecule has 2 aromatic rings. The Bertz CT molecular complexity index is 765. The quantitative estimate of drug-likeness (QED) is 0.920. The van der Waals surface area contributed by atoms with Crippen molar-refractivity contribution in [3.05, 3.63) is 39.3 Å². The number of aryl methyl sites for hydroxylation is 1. The van der Waals surface area contributed by atoms with E-state index < -0.39 is 0 Å². The predicted molar refractivity (Wildman–Crippen MR) is 80.1 cm³/mol. The second-order valence-corrected chi connectivity index (χ2v) is 5.42. The normalized spacial score (nSPS) is 16.5. The van der Waals surface area contributed by atoms with E-state index in [2.05, 4.69) is 9.97 Å². The Morgan fingerprint density at radius 3 is 2.81 bits per heavy atom. The zero-order valence-electron chi connectivity index (χ0n) is 12.6. The zero-order chi connectivity index (χ0) is 15.1. The van der Waals surface area contributed by atoms with Crippen LogP contribution < -0.4 is 15.0 Å². The lowest BCUT2D eigenvalue weighted by atomic mass is 10.1. The minimum Gasteiger partial charge on any atom is -0.496 e. The largest absolute Gasteiger partial charge is 0.496 e. The van der Waals surface area contributed by atoms with Crippen LogP contribution in [0, 0.1) is 13.8 Å². The summed E-state index contributed by atoms with van der Waals surface area (Å²) in [5, 5.41) is 0. The fraction of sp³-hybridized carbons (Fsp3) is 0.375. The van der Waals surface area contributed by atoms with Gasteiger partial charge in [-0.1, -0.05) is 0 Å². The number of ether oxygens (including phenoxy) is 2. The van der Waals surface area contributed by atoms with E-state index >= 15 is 0 Å². The van der Waals surface area contributed by atoms with Gasteiger partial charge in [-0.25, -0.2) is 4.98 Å². The van der Waals surface area contributed by atoms with Gasteiger partial charge >= 0.3 is 0 Å². The third-order valence-electron chi connectivity index (χ3n) is 3.87. The number of aromatic amines is 1. The van der Waals surface area contributed by atoms with Gasteiger partial charge < -0.3 is 14.5 Å². The Kier molecular flexibility index (Phi) is 3.20. The molecule has 0 saturated carbocycles. The average Bonchev–Trinajstić information content (AvgIpc) is 2.81. The van der Waals surface area contributed by atoms with E-state index in [1.165, 1.54) is 0 Å². The third kappa shape index (κ3) is 2.28. The lowest BCUT2D eigenvalue weighted by Gasteiger charge is -2.11. The maximum atomic E-state index is 12.0. The Morgan fingerprint density at radius 2 is 2.14 bits per heavy atom. The lowest BCUT2D eigenvalue weighted by Crippen LogP contribution is -2.14. The summed E-state index contributed by atoms with van der Waals surface area (Å²) in [6.45, 7) is 5.62. The van der Waals surface area contributed by atoms with E-state index in [0.29, 0.717) is 22.8 Å². The number of rotatable bonds is 2. The molecule has 5 heteroatoms. The minimum atomic E-state index is -0.130. The molecule has 1 aromatic carbocycles. The number of nitrogens with one attached hydrogen (secondary N) is 1. The molecular formula is C16H18N2O3. The number of methoxy groups -OCH3 is 1. The first-order valence-electron chi connectivity index (χ1n) is 6.95. The molecule has 1 unspecified atom stereocenters. The van der Waals surface area contributed by atoms with Gasteiger partial charge in [0, 0.05) is 23.2 Å². The summed E-state index contributed by atoms with van der Waals surface area (Å²) < 4.78 is 11.2. The number of benzene rings is 1. The van der Waals surface area contributed by atoms with Crippen molar-refractivity contribution in [2.75, 3.05) is 7.11 Å². The highest BCUT2D eigenvalue weighted by Crippen LogP contribution is 2.38. The molecule has 0 saturated heterocycles. The summed E-state index contributed by atoms with van der Waals surface area (Å²) in [7, 11) is 1.61. The SMILES string of the molecule is COc1cc2c(cc1-c1nc(C)c(C)c(=O)[nH]1)OC(C)C2. The van der Waals surface area contributed by atoms with Crippen molar-refractivity contribution in [1.82, 2.24) is 9.97 Å². The average molecular weight is 286 g/mol. The van der Waals surface area contributed by atoms with Crippen LogP contribution in [0.15, 0.2) is 16.9 Å². The van der Waals surface area contributed by atoms with Crippen LogP contribution in [0.5, 0.6) is 11.5 Å². The Hall–Kier alpha value is -2.30. The molecule has 0 fully saturated rings. The van der Waals surface area contributed by atoms with Crippen LogP contribution in [0.4, 0.5) is 0 Å². The molecule has 110 valence electrons. The molecule has 1 aliphatic heterocycles. The van der Waals surface area contributed by atoms with Crippen LogP contribution in [-0.2, 0) is 6.42 Å². The third-order valence-corrected chi connectivity index (χ3v) is 3.87. The van der Waals surface area contributed by atoms with Crippen molar-refractivity contribution < 1.29 is 9.47 Å². The molecule has 0 radical (unpaired) electrons. The summed E-state index contributed by atoms with van der Waals surface area (Å²) in [6, 6.07) is 3.86. The minimum absolute atomic E-state index is 0.130. The monoisotopic (exact) mass is 286 g/mol. The Labute approximate surface area is 123 Å². The van der Waals surface area contributed by atoms with Crippen molar-refractivity contribution in [1.29, 1.82) is 0 Å². The van der Waals surface area contributed by atoms with Crippen molar-refractivity contribution in [3.63, 3.8) is 0 Å². The van der Waals surface area contributed by atoms with Crippen LogP contribution in [0.3, 0.4) is 0 Å². The molecule has 0 amide bonds. The molecule has 1 aromatic heterocycles. The molecule has 3 rings (SSSR count). The second-order valence-electron chi connectivity index (χ2n) is 5.42. The number of hydrogen-bond donors (Lipinski definition) is 1. The summed E-state index contributed by atoms with van der Waals surface area (Å²) in [5.74, 6) is 2.03. The van der Waals surface area contributed by atoms with Gasteiger partial charge in [0.2, 0.25) is 0 Å². The number of aromatic nitrogens is 2. The molecular weight excluding hydrogens is 268 g/mol. The summed E-state index contributed by atoms with van der Waals surface area (Å²) in [5.41, 5.74) is 3.07. The molecule has 0 bridgehead atoms. The molecule has 0 aliphatic carbocycles. The van der Waals surface area contributed by atoms with Crippen molar-refractivity contribution >= 4 is 0 Å². The van der Waals surface area contributed by atoms with E-state index in [9.17, 15) is 4.79 Å². The highest BCUT2D eigenvalue weighted by atomic mass is 16.5. The lowest BCUT2D eigenvalue weighted by molar-refractivity contribution is 0.254. The van der Waals surface area contributed by atoms with Crippen molar-refractivity contribution in [2.45, 2.75) is 33.3 Å². The summed E-state index contributed by atoms with van der Waals surface area (Å²) in [6.07, 6.45) is 1.02. The van der Waals surface area contributed by atoms with Gasteiger partial charge in [-0.05, 0) is 32.9 Å². The fourth-order valence-corrected chi connectivity index (χ4v) is 2.57. The van der Waals surface area contributed by atoms with E-state index in [0.717, 1.165) is 23.3 Å².